The molecule has 1 aromatic carbocycles. The summed E-state index contributed by atoms with van der Waals surface area (Å²) in [4.78, 5) is 4.93. The van der Waals surface area contributed by atoms with Gasteiger partial charge >= 0.3 is 0 Å². The number of benzene rings is 1. The molecule has 1 unspecified atom stereocenters. The molecular formula is C14H22N2O. The Kier molecular flexibility index (Phi) is 4.02. The lowest BCUT2D eigenvalue weighted by Gasteiger charge is -2.27. The molecule has 0 radical (unpaired) electrons. The van der Waals surface area contributed by atoms with Gasteiger partial charge in [0.25, 0.3) is 0 Å². The highest BCUT2D eigenvalue weighted by Gasteiger charge is 2.19. The highest BCUT2D eigenvalue weighted by molar-refractivity contribution is 5.25. The van der Waals surface area contributed by atoms with E-state index in [9.17, 15) is 5.11 Å². The average Bonchev–Trinajstić information content (AvgIpc) is 2.44. The van der Waals surface area contributed by atoms with Crippen LogP contribution in [-0.2, 0) is 6.54 Å². The first kappa shape index (κ1) is 12.4. The predicted molar refractivity (Wildman–Crippen MR) is 70.1 cm³/mol. The molecule has 1 saturated heterocycles. The van der Waals surface area contributed by atoms with Gasteiger partial charge in [-0.3, -0.25) is 4.90 Å². The third kappa shape index (κ3) is 3.45. The van der Waals surface area contributed by atoms with Gasteiger partial charge in [0.2, 0.25) is 0 Å². The topological polar surface area (TPSA) is 26.7 Å². The van der Waals surface area contributed by atoms with E-state index < -0.39 is 0 Å². The third-order valence-electron chi connectivity index (χ3n) is 3.51. The molecule has 0 spiro atoms. The number of aromatic hydroxyl groups is 1. The molecule has 3 heteroatoms. The Balaban J connectivity index is 1.99. The summed E-state index contributed by atoms with van der Waals surface area (Å²) in [6, 6.07) is 8.15. The molecule has 1 aliphatic rings. The molecule has 0 amide bonds. The minimum absolute atomic E-state index is 0.345. The highest BCUT2D eigenvalue weighted by atomic mass is 16.3. The zero-order valence-corrected chi connectivity index (χ0v) is 10.8. The van der Waals surface area contributed by atoms with Crippen molar-refractivity contribution in [3.05, 3.63) is 29.8 Å². The van der Waals surface area contributed by atoms with Crippen molar-refractivity contribution in [2.24, 2.45) is 0 Å². The maximum absolute atomic E-state index is 9.27. The second-order valence-electron chi connectivity index (χ2n) is 5.10. The summed E-state index contributed by atoms with van der Waals surface area (Å²) in [6.07, 6.45) is 1.24. The standard InChI is InChI=1S/C14H22N2O/c1-12-10-15(2)8-3-9-16(12)11-13-4-6-14(17)7-5-13/h4-7,12,17H,3,8-11H2,1-2H3. The lowest BCUT2D eigenvalue weighted by molar-refractivity contribution is 0.194. The quantitative estimate of drug-likeness (QED) is 0.847. The summed E-state index contributed by atoms with van der Waals surface area (Å²) in [5.74, 6) is 0.345. The van der Waals surface area contributed by atoms with Crippen molar-refractivity contribution in [2.75, 3.05) is 26.7 Å². The van der Waals surface area contributed by atoms with E-state index in [0.29, 0.717) is 11.8 Å². The molecule has 0 bridgehead atoms. The summed E-state index contributed by atoms with van der Waals surface area (Å²) >= 11 is 0. The van der Waals surface area contributed by atoms with Crippen LogP contribution in [0, 0.1) is 0 Å². The molecular weight excluding hydrogens is 212 g/mol. The minimum atomic E-state index is 0.345. The van der Waals surface area contributed by atoms with Gasteiger partial charge in [0.1, 0.15) is 5.75 Å². The van der Waals surface area contributed by atoms with Crippen LogP contribution >= 0.6 is 0 Å². The monoisotopic (exact) mass is 234 g/mol. The second-order valence-corrected chi connectivity index (χ2v) is 5.10. The van der Waals surface area contributed by atoms with Crippen LogP contribution in [0.1, 0.15) is 18.9 Å². The molecule has 0 aromatic heterocycles. The van der Waals surface area contributed by atoms with Crippen LogP contribution < -0.4 is 0 Å². The Labute approximate surface area is 104 Å². The Hall–Kier alpha value is -1.06. The molecule has 1 atom stereocenters. The molecule has 94 valence electrons. The lowest BCUT2D eigenvalue weighted by atomic mass is 10.1. The third-order valence-corrected chi connectivity index (χ3v) is 3.51. The first-order chi connectivity index (χ1) is 8.15. The van der Waals surface area contributed by atoms with E-state index in [1.54, 1.807) is 12.1 Å². The fourth-order valence-electron chi connectivity index (χ4n) is 2.49. The van der Waals surface area contributed by atoms with Crippen molar-refractivity contribution >= 4 is 0 Å². The van der Waals surface area contributed by atoms with Gasteiger partial charge in [0.05, 0.1) is 0 Å². The van der Waals surface area contributed by atoms with E-state index >= 15 is 0 Å². The van der Waals surface area contributed by atoms with E-state index in [1.807, 2.05) is 12.1 Å². The molecule has 1 aromatic rings. The fourth-order valence-corrected chi connectivity index (χ4v) is 2.49. The van der Waals surface area contributed by atoms with Gasteiger partial charge in [0, 0.05) is 25.7 Å². The van der Waals surface area contributed by atoms with Crippen LogP contribution in [0.2, 0.25) is 0 Å². The number of nitrogens with zero attached hydrogens (tertiary/aromatic N) is 2. The number of likely N-dealkylation sites (N-methyl/N-ethyl adjacent to an activating group) is 1. The van der Waals surface area contributed by atoms with Crippen LogP contribution in [-0.4, -0.2) is 47.6 Å². The second kappa shape index (κ2) is 5.52. The summed E-state index contributed by atoms with van der Waals surface area (Å²) < 4.78 is 0. The molecule has 0 aliphatic carbocycles. The maximum atomic E-state index is 9.27. The fraction of sp³-hybridized carbons (Fsp3) is 0.571. The summed E-state index contributed by atoms with van der Waals surface area (Å²) in [5.41, 5.74) is 1.28. The zero-order valence-electron chi connectivity index (χ0n) is 10.8. The van der Waals surface area contributed by atoms with E-state index in [4.69, 9.17) is 0 Å². The smallest absolute Gasteiger partial charge is 0.115 e. The van der Waals surface area contributed by atoms with Crippen LogP contribution in [0.25, 0.3) is 0 Å². The van der Waals surface area contributed by atoms with Crippen molar-refractivity contribution < 1.29 is 5.11 Å². The van der Waals surface area contributed by atoms with Crippen molar-refractivity contribution in [2.45, 2.75) is 25.9 Å². The number of hydrogen-bond donors (Lipinski definition) is 1. The van der Waals surface area contributed by atoms with Crippen LogP contribution in [0.5, 0.6) is 5.75 Å². The van der Waals surface area contributed by atoms with Crippen molar-refractivity contribution in [3.8, 4) is 5.75 Å². The highest BCUT2D eigenvalue weighted by Crippen LogP contribution is 2.15. The van der Waals surface area contributed by atoms with Gasteiger partial charge in [-0.15, -0.1) is 0 Å². The van der Waals surface area contributed by atoms with Gasteiger partial charge in [-0.2, -0.15) is 0 Å². The van der Waals surface area contributed by atoms with Gasteiger partial charge in [-0.25, -0.2) is 0 Å². The van der Waals surface area contributed by atoms with E-state index in [0.717, 1.165) is 19.6 Å². The lowest BCUT2D eigenvalue weighted by Crippen LogP contribution is -2.37. The van der Waals surface area contributed by atoms with E-state index in [1.165, 1.54) is 18.5 Å². The molecule has 0 saturated carbocycles. The number of phenolic OH excluding ortho intramolecular Hbond substituents is 1. The number of phenols is 1. The maximum Gasteiger partial charge on any atom is 0.115 e. The first-order valence-corrected chi connectivity index (χ1v) is 6.35. The molecule has 17 heavy (non-hydrogen) atoms. The molecule has 1 N–H and O–H groups in total. The zero-order chi connectivity index (χ0) is 12.3. The Morgan fingerprint density at radius 3 is 2.65 bits per heavy atom. The van der Waals surface area contributed by atoms with Gasteiger partial charge < -0.3 is 10.0 Å². The van der Waals surface area contributed by atoms with Gasteiger partial charge in [0.15, 0.2) is 0 Å². The Morgan fingerprint density at radius 2 is 1.94 bits per heavy atom. The summed E-state index contributed by atoms with van der Waals surface area (Å²) in [5, 5.41) is 9.27. The Bertz CT molecular complexity index is 350. The largest absolute Gasteiger partial charge is 0.508 e. The van der Waals surface area contributed by atoms with E-state index in [2.05, 4.69) is 23.8 Å². The molecule has 2 rings (SSSR count). The predicted octanol–water partition coefficient (Wildman–Crippen LogP) is 1.92. The van der Waals surface area contributed by atoms with Gasteiger partial charge in [-0.1, -0.05) is 12.1 Å². The van der Waals surface area contributed by atoms with E-state index in [-0.39, 0.29) is 0 Å². The Morgan fingerprint density at radius 1 is 1.24 bits per heavy atom. The normalized spacial score (nSPS) is 23.5. The molecule has 1 fully saturated rings. The van der Waals surface area contributed by atoms with Crippen molar-refractivity contribution in [1.82, 2.24) is 9.80 Å². The summed E-state index contributed by atoms with van der Waals surface area (Å²) in [6.45, 7) is 6.76. The molecule has 3 nitrogen and oxygen atoms in total. The first-order valence-electron chi connectivity index (χ1n) is 6.35. The number of hydrogen-bond acceptors (Lipinski definition) is 3. The van der Waals surface area contributed by atoms with Crippen LogP contribution in [0.4, 0.5) is 0 Å². The SMILES string of the molecule is CC1CN(C)CCCN1Cc1ccc(O)cc1. The van der Waals surface area contributed by atoms with Crippen LogP contribution in [0.3, 0.4) is 0 Å². The van der Waals surface area contributed by atoms with Crippen molar-refractivity contribution in [1.29, 1.82) is 0 Å². The van der Waals surface area contributed by atoms with Gasteiger partial charge in [-0.05, 0) is 44.6 Å². The van der Waals surface area contributed by atoms with Crippen molar-refractivity contribution in [3.63, 3.8) is 0 Å². The number of rotatable bonds is 2. The molecule has 1 heterocycles. The summed E-state index contributed by atoms with van der Waals surface area (Å²) in [7, 11) is 2.19. The minimum Gasteiger partial charge on any atom is -0.508 e. The molecule has 1 aliphatic heterocycles. The van der Waals surface area contributed by atoms with Crippen LogP contribution in [0.15, 0.2) is 24.3 Å². The average molecular weight is 234 g/mol.